The third-order valence-corrected chi connectivity index (χ3v) is 7.23. The molecule has 7 nitrogen and oxygen atoms in total. The third-order valence-electron chi connectivity index (χ3n) is 5.38. The summed E-state index contributed by atoms with van der Waals surface area (Å²) in [5.41, 5.74) is 2.18. The first-order valence-corrected chi connectivity index (χ1v) is 13.1. The monoisotopic (exact) mass is 536 g/mol. The molecule has 0 aliphatic heterocycles. The zero-order valence-electron chi connectivity index (χ0n) is 19.8. The molecule has 1 amide bonds. The first kappa shape index (κ1) is 26.7. The number of hydrogen-bond donors (Lipinski definition) is 0. The van der Waals surface area contributed by atoms with Crippen LogP contribution in [0.1, 0.15) is 21.5 Å². The van der Waals surface area contributed by atoms with Crippen LogP contribution in [0.3, 0.4) is 0 Å². The van der Waals surface area contributed by atoms with Crippen molar-refractivity contribution in [1.29, 1.82) is 0 Å². The lowest BCUT2D eigenvalue weighted by molar-refractivity contribution is 0.0785. The Morgan fingerprint density at radius 3 is 2.03 bits per heavy atom. The summed E-state index contributed by atoms with van der Waals surface area (Å²) in [6, 6.07) is 16.8. The smallest absolute Gasteiger partial charge is 0.253 e. The molecule has 0 N–H and O–H groups in total. The molecule has 0 bridgehead atoms. The summed E-state index contributed by atoms with van der Waals surface area (Å²) in [6.45, 7) is 0.311. The van der Waals surface area contributed by atoms with Crippen molar-refractivity contribution in [2.24, 2.45) is 0 Å². The van der Waals surface area contributed by atoms with Crippen molar-refractivity contribution < 1.29 is 22.7 Å². The summed E-state index contributed by atoms with van der Waals surface area (Å²) in [5.74, 6) is 0.968. The molecule has 0 aromatic heterocycles. The van der Waals surface area contributed by atoms with E-state index >= 15 is 0 Å². The lowest BCUT2D eigenvalue weighted by Gasteiger charge is -2.24. The van der Waals surface area contributed by atoms with Crippen LogP contribution in [0.4, 0.5) is 5.69 Å². The van der Waals surface area contributed by atoms with Gasteiger partial charge in [0.1, 0.15) is 0 Å². The molecule has 0 heterocycles. The Kier molecular flexibility index (Phi) is 8.53. The topological polar surface area (TPSA) is 76.2 Å². The molecule has 0 aliphatic rings. The summed E-state index contributed by atoms with van der Waals surface area (Å²) in [6.07, 6.45) is 1.10. The molecule has 10 heteroatoms. The molecule has 35 heavy (non-hydrogen) atoms. The minimum absolute atomic E-state index is 0.0379. The number of sulfonamides is 1. The second-order valence-corrected chi connectivity index (χ2v) is 10.6. The molecular weight excluding hydrogens is 511 g/mol. The van der Waals surface area contributed by atoms with Crippen molar-refractivity contribution >= 4 is 44.8 Å². The highest BCUT2D eigenvalue weighted by Gasteiger charge is 2.21. The van der Waals surface area contributed by atoms with Gasteiger partial charge in [0.25, 0.3) is 5.91 Å². The fourth-order valence-electron chi connectivity index (χ4n) is 3.54. The van der Waals surface area contributed by atoms with E-state index in [1.54, 1.807) is 74.7 Å². The second-order valence-electron chi connectivity index (χ2n) is 7.87. The SMILES string of the molecule is COc1ccc(CN(C)C(=O)c2ccc(N(Cc3c(Cl)cccc3Cl)S(C)(=O)=O)cc2)cc1OC. The molecule has 0 saturated heterocycles. The van der Waals surface area contributed by atoms with E-state index < -0.39 is 10.0 Å². The van der Waals surface area contributed by atoms with Gasteiger partial charge in [0.2, 0.25) is 10.0 Å². The van der Waals surface area contributed by atoms with E-state index in [0.29, 0.717) is 44.9 Å². The van der Waals surface area contributed by atoms with Crippen LogP contribution in [0.2, 0.25) is 10.0 Å². The van der Waals surface area contributed by atoms with Gasteiger partial charge in [-0.3, -0.25) is 9.10 Å². The van der Waals surface area contributed by atoms with Gasteiger partial charge in [0, 0.05) is 34.8 Å². The maximum absolute atomic E-state index is 13.0. The highest BCUT2D eigenvalue weighted by Crippen LogP contribution is 2.30. The molecule has 0 spiro atoms. The average Bonchev–Trinajstić information content (AvgIpc) is 2.82. The first-order chi connectivity index (χ1) is 16.5. The highest BCUT2D eigenvalue weighted by molar-refractivity contribution is 7.92. The molecule has 3 aromatic rings. The number of benzene rings is 3. The zero-order chi connectivity index (χ0) is 25.8. The zero-order valence-corrected chi connectivity index (χ0v) is 22.1. The summed E-state index contributed by atoms with van der Waals surface area (Å²) in [4.78, 5) is 14.6. The number of carbonyl (C=O) groups is 1. The summed E-state index contributed by atoms with van der Waals surface area (Å²) < 4.78 is 36.8. The van der Waals surface area contributed by atoms with Gasteiger partial charge in [-0.1, -0.05) is 35.3 Å². The van der Waals surface area contributed by atoms with Crippen molar-refractivity contribution in [3.05, 3.63) is 87.4 Å². The predicted molar refractivity (Wildman–Crippen MR) is 139 cm³/mol. The number of carbonyl (C=O) groups excluding carboxylic acids is 1. The Morgan fingerprint density at radius 2 is 1.49 bits per heavy atom. The molecular formula is C25H26Cl2N2O5S. The molecule has 3 rings (SSSR count). The molecule has 3 aromatic carbocycles. The van der Waals surface area contributed by atoms with E-state index in [4.69, 9.17) is 32.7 Å². The van der Waals surface area contributed by atoms with Gasteiger partial charge in [-0.2, -0.15) is 0 Å². The van der Waals surface area contributed by atoms with Crippen molar-refractivity contribution in [1.82, 2.24) is 4.90 Å². The molecule has 0 radical (unpaired) electrons. The number of rotatable bonds is 9. The highest BCUT2D eigenvalue weighted by atomic mass is 35.5. The lowest BCUT2D eigenvalue weighted by atomic mass is 10.1. The van der Waals surface area contributed by atoms with Gasteiger partial charge >= 0.3 is 0 Å². The minimum atomic E-state index is -3.65. The lowest BCUT2D eigenvalue weighted by Crippen LogP contribution is -2.30. The Morgan fingerprint density at radius 1 is 0.886 bits per heavy atom. The number of methoxy groups -OCH3 is 2. The van der Waals surface area contributed by atoms with Crippen molar-refractivity contribution in [3.63, 3.8) is 0 Å². The van der Waals surface area contributed by atoms with Crippen LogP contribution in [0.25, 0.3) is 0 Å². The van der Waals surface area contributed by atoms with E-state index in [2.05, 4.69) is 0 Å². The molecule has 0 fully saturated rings. The summed E-state index contributed by atoms with van der Waals surface area (Å²) >= 11 is 12.5. The maximum Gasteiger partial charge on any atom is 0.253 e. The molecule has 0 saturated carbocycles. The second kappa shape index (κ2) is 11.2. The Labute approximate surface area is 215 Å². The number of ether oxygens (including phenoxy) is 2. The number of nitrogens with zero attached hydrogens (tertiary/aromatic N) is 2. The molecule has 0 unspecified atom stereocenters. The largest absolute Gasteiger partial charge is 0.493 e. The van der Waals surface area contributed by atoms with Gasteiger partial charge in [0.05, 0.1) is 32.7 Å². The van der Waals surface area contributed by atoms with Crippen LogP contribution >= 0.6 is 23.2 Å². The van der Waals surface area contributed by atoms with Crippen molar-refractivity contribution in [3.8, 4) is 11.5 Å². The van der Waals surface area contributed by atoms with E-state index in [9.17, 15) is 13.2 Å². The maximum atomic E-state index is 13.0. The van der Waals surface area contributed by atoms with Crippen LogP contribution in [0.15, 0.2) is 60.7 Å². The van der Waals surface area contributed by atoms with Gasteiger partial charge in [0.15, 0.2) is 11.5 Å². The van der Waals surface area contributed by atoms with Crippen LogP contribution in [0.5, 0.6) is 11.5 Å². The van der Waals surface area contributed by atoms with Gasteiger partial charge < -0.3 is 14.4 Å². The summed E-state index contributed by atoms with van der Waals surface area (Å²) in [5, 5.41) is 0.740. The number of hydrogen-bond acceptors (Lipinski definition) is 5. The molecule has 186 valence electrons. The van der Waals surface area contributed by atoms with Crippen LogP contribution < -0.4 is 13.8 Å². The van der Waals surface area contributed by atoms with Gasteiger partial charge in [-0.15, -0.1) is 0 Å². The normalized spacial score (nSPS) is 11.1. The van der Waals surface area contributed by atoms with Crippen molar-refractivity contribution in [2.45, 2.75) is 13.1 Å². The van der Waals surface area contributed by atoms with E-state index in [0.717, 1.165) is 11.8 Å². The quantitative estimate of drug-likeness (QED) is 0.373. The fraction of sp³-hybridized carbons (Fsp3) is 0.240. The summed E-state index contributed by atoms with van der Waals surface area (Å²) in [7, 11) is 1.15. The average molecular weight is 537 g/mol. The predicted octanol–water partition coefficient (Wildman–Crippen LogP) is 5.25. The third kappa shape index (κ3) is 6.39. The van der Waals surface area contributed by atoms with Gasteiger partial charge in [-0.05, 0) is 54.1 Å². The van der Waals surface area contributed by atoms with E-state index in [1.165, 1.54) is 4.31 Å². The number of amides is 1. The van der Waals surface area contributed by atoms with Crippen molar-refractivity contribution in [2.75, 3.05) is 31.8 Å². The Hall–Kier alpha value is -2.94. The molecule has 0 atom stereocenters. The van der Waals surface area contributed by atoms with E-state index in [-0.39, 0.29) is 12.5 Å². The Bertz CT molecular complexity index is 1290. The standard InChI is InChI=1S/C25H26Cl2N2O5S/c1-28(15-17-8-13-23(33-2)24(14-17)34-3)25(30)18-9-11-19(12-10-18)29(35(4,31)32)16-20-21(26)6-5-7-22(20)27/h5-14H,15-16H2,1-4H3. The minimum Gasteiger partial charge on any atom is -0.493 e. The van der Waals surface area contributed by atoms with Crippen LogP contribution in [-0.4, -0.2) is 46.7 Å². The first-order valence-electron chi connectivity index (χ1n) is 10.5. The van der Waals surface area contributed by atoms with E-state index in [1.807, 2.05) is 12.1 Å². The van der Waals surface area contributed by atoms with Crippen LogP contribution in [0, 0.1) is 0 Å². The van der Waals surface area contributed by atoms with Crippen LogP contribution in [-0.2, 0) is 23.1 Å². The Balaban J connectivity index is 1.80. The fourth-order valence-corrected chi connectivity index (χ4v) is 4.93. The number of halogens is 2. The number of anilines is 1. The molecule has 0 aliphatic carbocycles. The van der Waals surface area contributed by atoms with Gasteiger partial charge in [-0.25, -0.2) is 8.42 Å².